The first-order valence-electron chi connectivity index (χ1n) is 6.88. The van der Waals surface area contributed by atoms with Gasteiger partial charge in [0.2, 0.25) is 0 Å². The molecule has 0 atom stereocenters. The summed E-state index contributed by atoms with van der Waals surface area (Å²) in [4.78, 5) is 26.2. The number of nitrogens with zero attached hydrogens (tertiary/aromatic N) is 1. The summed E-state index contributed by atoms with van der Waals surface area (Å²) in [7, 11) is 0. The van der Waals surface area contributed by atoms with E-state index in [9.17, 15) is 9.59 Å². The summed E-state index contributed by atoms with van der Waals surface area (Å²) >= 11 is 14.4. The van der Waals surface area contributed by atoms with Gasteiger partial charge in [-0.2, -0.15) is 0 Å². The number of benzene rings is 2. The summed E-state index contributed by atoms with van der Waals surface area (Å²) in [5, 5.41) is 3.13. The molecule has 1 aliphatic rings. The summed E-state index contributed by atoms with van der Waals surface area (Å²) in [6.07, 6.45) is 1.54. The number of thiocarbonyl (C=S) groups is 1. The summed E-state index contributed by atoms with van der Waals surface area (Å²) in [5.41, 5.74) is 1.29. The van der Waals surface area contributed by atoms with Gasteiger partial charge in [-0.05, 0) is 60.3 Å². The second-order valence-corrected chi connectivity index (χ2v) is 6.72. The maximum atomic E-state index is 12.8. The maximum Gasteiger partial charge on any atom is 0.270 e. The van der Waals surface area contributed by atoms with Crippen LogP contribution in [0.25, 0.3) is 6.08 Å². The van der Waals surface area contributed by atoms with E-state index < -0.39 is 11.8 Å². The molecule has 0 spiro atoms. The lowest BCUT2D eigenvalue weighted by Gasteiger charge is -2.28. The van der Waals surface area contributed by atoms with E-state index in [1.165, 1.54) is 11.0 Å². The molecule has 24 heavy (non-hydrogen) atoms. The summed E-state index contributed by atoms with van der Waals surface area (Å²) in [5.74, 6) is -0.993. The zero-order valence-corrected chi connectivity index (χ0v) is 15.3. The molecule has 7 heteroatoms. The molecular formula is C17H10BrClN2O2S. The molecule has 4 nitrogen and oxygen atoms in total. The molecule has 1 saturated heterocycles. The highest BCUT2D eigenvalue weighted by Gasteiger charge is 2.34. The average molecular weight is 422 g/mol. The molecule has 2 amide bonds. The maximum absolute atomic E-state index is 12.8. The molecule has 1 N–H and O–H groups in total. The van der Waals surface area contributed by atoms with E-state index in [2.05, 4.69) is 21.2 Å². The third-order valence-corrected chi connectivity index (χ3v) is 4.43. The first-order valence-corrected chi connectivity index (χ1v) is 8.46. The molecule has 120 valence electrons. The summed E-state index contributed by atoms with van der Waals surface area (Å²) in [6, 6.07) is 13.9. The van der Waals surface area contributed by atoms with Gasteiger partial charge in [0.15, 0.2) is 5.11 Å². The highest BCUT2D eigenvalue weighted by atomic mass is 79.9. The number of nitrogens with one attached hydrogen (secondary N) is 1. The van der Waals surface area contributed by atoms with Crippen molar-refractivity contribution in [3.63, 3.8) is 0 Å². The zero-order valence-electron chi connectivity index (χ0n) is 12.1. The van der Waals surface area contributed by atoms with Crippen molar-refractivity contribution in [3.05, 3.63) is 69.2 Å². The lowest BCUT2D eigenvalue weighted by molar-refractivity contribution is -0.122. The molecule has 0 saturated carbocycles. The van der Waals surface area contributed by atoms with Gasteiger partial charge in [0, 0.05) is 9.50 Å². The van der Waals surface area contributed by atoms with Crippen molar-refractivity contribution in [3.8, 4) is 0 Å². The molecule has 0 bridgehead atoms. The normalized spacial score (nSPS) is 16.5. The van der Waals surface area contributed by atoms with Crippen LogP contribution >= 0.6 is 39.7 Å². The Morgan fingerprint density at radius 1 is 1.04 bits per heavy atom. The minimum Gasteiger partial charge on any atom is -0.298 e. The van der Waals surface area contributed by atoms with Gasteiger partial charge in [-0.15, -0.1) is 0 Å². The molecule has 0 unspecified atom stereocenters. The van der Waals surface area contributed by atoms with Crippen molar-refractivity contribution in [1.29, 1.82) is 0 Å². The Morgan fingerprint density at radius 2 is 1.67 bits per heavy atom. The first kappa shape index (κ1) is 16.8. The summed E-state index contributed by atoms with van der Waals surface area (Å²) in [6.45, 7) is 0. The number of rotatable bonds is 2. The van der Waals surface area contributed by atoms with Gasteiger partial charge in [0.25, 0.3) is 11.8 Å². The third kappa shape index (κ3) is 3.40. The second-order valence-electron chi connectivity index (χ2n) is 4.99. The van der Waals surface area contributed by atoms with Crippen LogP contribution in [0.15, 0.2) is 58.6 Å². The van der Waals surface area contributed by atoms with E-state index in [1.807, 2.05) is 12.1 Å². The molecule has 1 aliphatic heterocycles. The quantitative estimate of drug-likeness (QED) is 0.454. The predicted molar refractivity (Wildman–Crippen MR) is 102 cm³/mol. The number of amides is 2. The van der Waals surface area contributed by atoms with Crippen molar-refractivity contribution < 1.29 is 9.59 Å². The highest BCUT2D eigenvalue weighted by molar-refractivity contribution is 9.10. The fraction of sp³-hybridized carbons (Fsp3) is 0. The number of anilines is 1. The molecule has 3 rings (SSSR count). The Hall–Kier alpha value is -2.02. The van der Waals surface area contributed by atoms with Crippen LogP contribution in [0.2, 0.25) is 5.02 Å². The number of hydrogen-bond acceptors (Lipinski definition) is 3. The van der Waals surface area contributed by atoms with Crippen LogP contribution in [0.3, 0.4) is 0 Å². The van der Waals surface area contributed by atoms with Gasteiger partial charge >= 0.3 is 0 Å². The van der Waals surface area contributed by atoms with Crippen LogP contribution in [0.5, 0.6) is 0 Å². The van der Waals surface area contributed by atoms with E-state index in [0.29, 0.717) is 10.7 Å². The van der Waals surface area contributed by atoms with Crippen LogP contribution in [-0.2, 0) is 9.59 Å². The number of halogens is 2. The van der Waals surface area contributed by atoms with Gasteiger partial charge in [0.05, 0.1) is 5.69 Å². The van der Waals surface area contributed by atoms with Gasteiger partial charge < -0.3 is 0 Å². The highest BCUT2D eigenvalue weighted by Crippen LogP contribution is 2.24. The topological polar surface area (TPSA) is 49.4 Å². The van der Waals surface area contributed by atoms with Crippen LogP contribution < -0.4 is 10.2 Å². The van der Waals surface area contributed by atoms with E-state index in [-0.39, 0.29) is 10.7 Å². The number of hydrogen-bond donors (Lipinski definition) is 1. The lowest BCUT2D eigenvalue weighted by Crippen LogP contribution is -2.54. The molecule has 1 heterocycles. The van der Waals surface area contributed by atoms with Crippen molar-refractivity contribution in [2.75, 3.05) is 4.90 Å². The molecule has 0 aliphatic carbocycles. The van der Waals surface area contributed by atoms with E-state index >= 15 is 0 Å². The molecule has 0 aromatic heterocycles. The Balaban J connectivity index is 1.99. The van der Waals surface area contributed by atoms with E-state index in [1.54, 1.807) is 36.4 Å². The molecule has 2 aromatic rings. The Kier molecular flexibility index (Phi) is 4.80. The smallest absolute Gasteiger partial charge is 0.270 e. The molecule has 2 aromatic carbocycles. The Morgan fingerprint density at radius 3 is 2.29 bits per heavy atom. The van der Waals surface area contributed by atoms with Crippen molar-refractivity contribution >= 4 is 68.4 Å². The monoisotopic (exact) mass is 420 g/mol. The van der Waals surface area contributed by atoms with Crippen molar-refractivity contribution in [2.45, 2.75) is 0 Å². The third-order valence-electron chi connectivity index (χ3n) is 3.37. The molecule has 0 radical (unpaired) electrons. The summed E-state index contributed by atoms with van der Waals surface area (Å²) < 4.78 is 0.910. The Bertz CT molecular complexity index is 863. The zero-order chi connectivity index (χ0) is 17.3. The minimum absolute atomic E-state index is 0.0147. The van der Waals surface area contributed by atoms with Gasteiger partial charge in [0.1, 0.15) is 5.57 Å². The first-order chi connectivity index (χ1) is 11.5. The van der Waals surface area contributed by atoms with E-state index in [4.69, 9.17) is 23.8 Å². The van der Waals surface area contributed by atoms with Crippen LogP contribution in [0.1, 0.15) is 5.56 Å². The number of carbonyl (C=O) groups excluding carboxylic acids is 2. The SMILES string of the molecule is O=C1NC(=S)N(c2ccc(Cl)cc2)C(=O)C1=Cc1ccc(Br)cc1. The van der Waals surface area contributed by atoms with Gasteiger partial charge in [-0.1, -0.05) is 39.7 Å². The van der Waals surface area contributed by atoms with Crippen molar-refractivity contribution in [2.24, 2.45) is 0 Å². The predicted octanol–water partition coefficient (Wildman–Crippen LogP) is 3.93. The van der Waals surface area contributed by atoms with E-state index in [0.717, 1.165) is 10.0 Å². The van der Waals surface area contributed by atoms with Crippen LogP contribution in [-0.4, -0.2) is 16.9 Å². The van der Waals surface area contributed by atoms with Crippen LogP contribution in [0.4, 0.5) is 5.69 Å². The molecular weight excluding hydrogens is 412 g/mol. The Labute approximate surface area is 157 Å². The van der Waals surface area contributed by atoms with Gasteiger partial charge in [-0.3, -0.25) is 19.8 Å². The largest absolute Gasteiger partial charge is 0.298 e. The fourth-order valence-corrected chi connectivity index (χ4v) is 2.88. The van der Waals surface area contributed by atoms with Crippen LogP contribution in [0, 0.1) is 0 Å². The number of carbonyl (C=O) groups is 2. The fourth-order valence-electron chi connectivity index (χ4n) is 2.21. The standard InChI is InChI=1S/C17H10BrClN2O2S/c18-11-3-1-10(2-4-11)9-14-15(22)20-17(24)21(16(14)23)13-7-5-12(19)6-8-13/h1-9H,(H,20,22,24). The van der Waals surface area contributed by atoms with Crippen molar-refractivity contribution in [1.82, 2.24) is 5.32 Å². The molecule has 1 fully saturated rings. The average Bonchev–Trinajstić information content (AvgIpc) is 2.55. The van der Waals surface area contributed by atoms with Gasteiger partial charge in [-0.25, -0.2) is 0 Å². The second kappa shape index (κ2) is 6.84. The lowest BCUT2D eigenvalue weighted by atomic mass is 10.1. The minimum atomic E-state index is -0.516.